The Morgan fingerprint density at radius 1 is 1.08 bits per heavy atom. The van der Waals surface area contributed by atoms with E-state index in [1.807, 2.05) is 25.1 Å². The van der Waals surface area contributed by atoms with Gasteiger partial charge in [0.05, 0.1) is 5.02 Å². The fraction of sp³-hybridized carbons (Fsp3) is 0.316. The Bertz CT molecular complexity index is 744. The van der Waals surface area contributed by atoms with Crippen molar-refractivity contribution >= 4 is 34.8 Å². The molecular formula is C19H21Cl2NO2. The van der Waals surface area contributed by atoms with Crippen LogP contribution >= 0.6 is 23.2 Å². The maximum absolute atomic E-state index is 12.5. The van der Waals surface area contributed by atoms with Crippen LogP contribution in [-0.2, 0) is 4.79 Å². The van der Waals surface area contributed by atoms with Crippen molar-refractivity contribution in [3.63, 3.8) is 0 Å². The maximum Gasteiger partial charge on any atom is 0.265 e. The summed E-state index contributed by atoms with van der Waals surface area (Å²) in [5, 5.41) is 3.67. The number of anilines is 1. The molecule has 0 bridgehead atoms. The third kappa shape index (κ3) is 4.22. The lowest BCUT2D eigenvalue weighted by molar-refractivity contribution is -0.122. The van der Waals surface area contributed by atoms with E-state index in [1.54, 1.807) is 25.1 Å². The van der Waals surface area contributed by atoms with Gasteiger partial charge in [-0.05, 0) is 43.0 Å². The lowest BCUT2D eigenvalue weighted by Crippen LogP contribution is -2.31. The Hall–Kier alpha value is -1.71. The summed E-state index contributed by atoms with van der Waals surface area (Å²) in [6, 6.07) is 11.1. The maximum atomic E-state index is 12.5. The molecule has 0 saturated carbocycles. The molecule has 2 rings (SSSR count). The molecule has 0 spiro atoms. The van der Waals surface area contributed by atoms with E-state index in [-0.39, 0.29) is 5.91 Å². The Kier molecular flexibility index (Phi) is 6.14. The van der Waals surface area contributed by atoms with Gasteiger partial charge in [0.25, 0.3) is 5.91 Å². The lowest BCUT2D eigenvalue weighted by atomic mass is 9.98. The number of ether oxygens (including phenoxy) is 1. The number of carbonyl (C=O) groups excluding carboxylic acids is 1. The zero-order valence-corrected chi connectivity index (χ0v) is 15.7. The van der Waals surface area contributed by atoms with E-state index in [1.165, 1.54) is 0 Å². The molecule has 1 N–H and O–H groups in total. The van der Waals surface area contributed by atoms with E-state index in [2.05, 4.69) is 19.2 Å². The highest BCUT2D eigenvalue weighted by Crippen LogP contribution is 2.32. The van der Waals surface area contributed by atoms with Crippen LogP contribution in [0.5, 0.6) is 5.75 Å². The highest BCUT2D eigenvalue weighted by Gasteiger charge is 2.19. The molecule has 1 atom stereocenters. The fourth-order valence-corrected chi connectivity index (χ4v) is 2.72. The number of hydrogen-bond acceptors (Lipinski definition) is 2. The van der Waals surface area contributed by atoms with Gasteiger partial charge in [-0.3, -0.25) is 4.79 Å². The Labute approximate surface area is 152 Å². The van der Waals surface area contributed by atoms with E-state index >= 15 is 0 Å². The molecule has 0 aliphatic carbocycles. The molecular weight excluding hydrogens is 345 g/mol. The van der Waals surface area contributed by atoms with Gasteiger partial charge in [0.2, 0.25) is 0 Å². The third-order valence-corrected chi connectivity index (χ3v) is 4.57. The summed E-state index contributed by atoms with van der Waals surface area (Å²) in [6.45, 7) is 7.84. The van der Waals surface area contributed by atoms with Crippen LogP contribution in [0.4, 0.5) is 5.69 Å². The summed E-state index contributed by atoms with van der Waals surface area (Å²) in [5.41, 5.74) is 2.95. The summed E-state index contributed by atoms with van der Waals surface area (Å²) < 4.78 is 5.67. The molecule has 2 aromatic rings. The average molecular weight is 366 g/mol. The molecule has 0 saturated heterocycles. The average Bonchev–Trinajstić information content (AvgIpc) is 2.53. The van der Waals surface area contributed by atoms with Crippen molar-refractivity contribution in [3.8, 4) is 5.75 Å². The topological polar surface area (TPSA) is 38.3 Å². The number of halogens is 2. The van der Waals surface area contributed by atoms with Crippen LogP contribution in [0.2, 0.25) is 10.0 Å². The van der Waals surface area contributed by atoms with Crippen molar-refractivity contribution in [1.82, 2.24) is 0 Å². The summed E-state index contributed by atoms with van der Waals surface area (Å²) in [7, 11) is 0. The second kappa shape index (κ2) is 7.91. The molecule has 24 heavy (non-hydrogen) atoms. The standard InChI is InChI=1S/C19H21Cl2NO2/c1-11(2)14-8-5-7-12(3)18(14)22-19(23)13(4)24-16-10-6-9-15(20)17(16)21/h5-11,13H,1-4H3,(H,22,23). The lowest BCUT2D eigenvalue weighted by Gasteiger charge is -2.20. The molecule has 0 aliphatic heterocycles. The monoisotopic (exact) mass is 365 g/mol. The van der Waals surface area contributed by atoms with Gasteiger partial charge in [0.15, 0.2) is 6.10 Å². The van der Waals surface area contributed by atoms with Crippen molar-refractivity contribution < 1.29 is 9.53 Å². The number of rotatable bonds is 5. The zero-order chi connectivity index (χ0) is 17.9. The molecule has 1 amide bonds. The van der Waals surface area contributed by atoms with Gasteiger partial charge in [-0.15, -0.1) is 0 Å². The molecule has 1 unspecified atom stereocenters. The fourth-order valence-electron chi connectivity index (χ4n) is 2.39. The van der Waals surface area contributed by atoms with Crippen molar-refractivity contribution in [2.45, 2.75) is 39.7 Å². The van der Waals surface area contributed by atoms with Gasteiger partial charge in [-0.25, -0.2) is 0 Å². The highest BCUT2D eigenvalue weighted by atomic mass is 35.5. The molecule has 5 heteroatoms. The molecule has 128 valence electrons. The van der Waals surface area contributed by atoms with Gasteiger partial charge in [-0.2, -0.15) is 0 Å². The van der Waals surface area contributed by atoms with Crippen molar-refractivity contribution in [2.75, 3.05) is 5.32 Å². The minimum atomic E-state index is -0.708. The van der Waals surface area contributed by atoms with Crippen LogP contribution in [-0.4, -0.2) is 12.0 Å². The Morgan fingerprint density at radius 2 is 1.75 bits per heavy atom. The van der Waals surface area contributed by atoms with Gasteiger partial charge >= 0.3 is 0 Å². The van der Waals surface area contributed by atoms with Gasteiger partial charge < -0.3 is 10.1 Å². The molecule has 0 radical (unpaired) electrons. The van der Waals surface area contributed by atoms with Crippen LogP contribution in [0, 0.1) is 6.92 Å². The Morgan fingerprint density at radius 3 is 2.42 bits per heavy atom. The number of para-hydroxylation sites is 1. The third-order valence-electron chi connectivity index (χ3n) is 3.76. The first-order valence-corrected chi connectivity index (χ1v) is 8.58. The molecule has 2 aromatic carbocycles. The predicted octanol–water partition coefficient (Wildman–Crippen LogP) is 5.83. The van der Waals surface area contributed by atoms with E-state index in [4.69, 9.17) is 27.9 Å². The first-order valence-electron chi connectivity index (χ1n) is 7.82. The van der Waals surface area contributed by atoms with Crippen molar-refractivity contribution in [2.24, 2.45) is 0 Å². The first-order chi connectivity index (χ1) is 11.3. The minimum absolute atomic E-state index is 0.234. The number of hydrogen-bond donors (Lipinski definition) is 1. The molecule has 3 nitrogen and oxygen atoms in total. The predicted molar refractivity (Wildman–Crippen MR) is 100 cm³/mol. The van der Waals surface area contributed by atoms with Crippen LogP contribution < -0.4 is 10.1 Å². The summed E-state index contributed by atoms with van der Waals surface area (Å²) in [5.74, 6) is 0.460. The second-order valence-corrected chi connectivity index (χ2v) is 6.78. The SMILES string of the molecule is Cc1cccc(C(C)C)c1NC(=O)C(C)Oc1cccc(Cl)c1Cl. The summed E-state index contributed by atoms with van der Waals surface area (Å²) >= 11 is 12.1. The number of benzene rings is 2. The van der Waals surface area contributed by atoms with E-state index < -0.39 is 6.10 Å². The van der Waals surface area contributed by atoms with E-state index in [0.29, 0.717) is 21.7 Å². The quantitative estimate of drug-likeness (QED) is 0.723. The first kappa shape index (κ1) is 18.6. The van der Waals surface area contributed by atoms with Crippen LogP contribution in [0.3, 0.4) is 0 Å². The Balaban J connectivity index is 2.17. The van der Waals surface area contributed by atoms with Gasteiger partial charge in [0.1, 0.15) is 10.8 Å². The van der Waals surface area contributed by atoms with Crippen LogP contribution in [0.25, 0.3) is 0 Å². The van der Waals surface area contributed by atoms with Crippen LogP contribution in [0.1, 0.15) is 37.8 Å². The van der Waals surface area contributed by atoms with Gasteiger partial charge in [0, 0.05) is 5.69 Å². The zero-order valence-electron chi connectivity index (χ0n) is 14.2. The largest absolute Gasteiger partial charge is 0.479 e. The molecule has 0 aliphatic rings. The minimum Gasteiger partial charge on any atom is -0.479 e. The smallest absolute Gasteiger partial charge is 0.265 e. The van der Waals surface area contributed by atoms with Crippen molar-refractivity contribution in [3.05, 3.63) is 57.6 Å². The number of aryl methyl sites for hydroxylation is 1. The van der Waals surface area contributed by atoms with Crippen molar-refractivity contribution in [1.29, 1.82) is 0 Å². The molecule has 0 fully saturated rings. The highest BCUT2D eigenvalue weighted by molar-refractivity contribution is 6.42. The number of nitrogens with one attached hydrogen (secondary N) is 1. The van der Waals surface area contributed by atoms with E-state index in [0.717, 1.165) is 16.8 Å². The summed E-state index contributed by atoms with van der Waals surface area (Å²) in [6.07, 6.45) is -0.708. The second-order valence-electron chi connectivity index (χ2n) is 6.00. The van der Waals surface area contributed by atoms with Crippen LogP contribution in [0.15, 0.2) is 36.4 Å². The van der Waals surface area contributed by atoms with E-state index in [9.17, 15) is 4.79 Å². The normalized spacial score (nSPS) is 12.1. The summed E-state index contributed by atoms with van der Waals surface area (Å²) in [4.78, 5) is 12.5. The molecule has 0 aromatic heterocycles. The molecule has 0 heterocycles. The van der Waals surface area contributed by atoms with Gasteiger partial charge in [-0.1, -0.05) is 61.3 Å². The number of amides is 1. The number of carbonyl (C=O) groups is 1.